The zero-order valence-electron chi connectivity index (χ0n) is 12.8. The lowest BCUT2D eigenvalue weighted by Gasteiger charge is -2.06. The van der Waals surface area contributed by atoms with Gasteiger partial charge < -0.3 is 0 Å². The molecule has 0 unspecified atom stereocenters. The van der Waals surface area contributed by atoms with Gasteiger partial charge in [-0.2, -0.15) is 5.10 Å². The van der Waals surface area contributed by atoms with Crippen molar-refractivity contribution in [2.75, 3.05) is 0 Å². The summed E-state index contributed by atoms with van der Waals surface area (Å²) >= 11 is 3.56. The van der Waals surface area contributed by atoms with Gasteiger partial charge in [0, 0.05) is 19.9 Å². The first-order valence-electron chi connectivity index (χ1n) is 7.29. The van der Waals surface area contributed by atoms with Crippen molar-refractivity contribution in [2.45, 2.75) is 39.5 Å². The van der Waals surface area contributed by atoms with Crippen LogP contribution in [0.2, 0.25) is 0 Å². The van der Waals surface area contributed by atoms with Gasteiger partial charge in [-0.3, -0.25) is 9.48 Å². The average Bonchev–Trinajstić information content (AvgIpc) is 2.74. The van der Waals surface area contributed by atoms with E-state index in [1.54, 1.807) is 0 Å². The van der Waals surface area contributed by atoms with E-state index in [0.29, 0.717) is 12.8 Å². The number of nitrogens with zero attached hydrogens (tertiary/aromatic N) is 2. The van der Waals surface area contributed by atoms with Crippen molar-refractivity contribution in [1.29, 1.82) is 0 Å². The molecule has 1 heterocycles. The Bertz CT molecular complexity index is 646. The summed E-state index contributed by atoms with van der Waals surface area (Å²) in [5.41, 5.74) is 4.49. The number of Topliss-reactive ketones (excluding diaryl/α,β-unsaturated/α-hetero) is 1. The minimum Gasteiger partial charge on any atom is -0.299 e. The lowest BCUT2D eigenvalue weighted by molar-refractivity contribution is -0.118. The van der Waals surface area contributed by atoms with E-state index in [1.165, 1.54) is 11.1 Å². The van der Waals surface area contributed by atoms with E-state index in [4.69, 9.17) is 0 Å². The summed E-state index contributed by atoms with van der Waals surface area (Å²) in [7, 11) is 1.90. The van der Waals surface area contributed by atoms with Crippen LogP contribution in [0.5, 0.6) is 0 Å². The second-order valence-corrected chi connectivity index (χ2v) is 6.12. The summed E-state index contributed by atoms with van der Waals surface area (Å²) in [6, 6.07) is 8.24. The number of hydrogen-bond acceptors (Lipinski definition) is 2. The Morgan fingerprint density at radius 3 is 2.67 bits per heavy atom. The third-order valence-electron chi connectivity index (χ3n) is 3.80. The van der Waals surface area contributed by atoms with Crippen LogP contribution in [0.15, 0.2) is 28.7 Å². The van der Waals surface area contributed by atoms with Crippen molar-refractivity contribution in [2.24, 2.45) is 7.05 Å². The quantitative estimate of drug-likeness (QED) is 0.795. The number of carbonyl (C=O) groups is 1. The fourth-order valence-electron chi connectivity index (χ4n) is 2.45. The van der Waals surface area contributed by atoms with Crippen LogP contribution in [-0.4, -0.2) is 15.6 Å². The first-order chi connectivity index (χ1) is 10.0. The molecule has 0 saturated carbocycles. The summed E-state index contributed by atoms with van der Waals surface area (Å²) in [5.74, 6) is 0.254. The Morgan fingerprint density at radius 1 is 1.33 bits per heavy atom. The van der Waals surface area contributed by atoms with Crippen LogP contribution >= 0.6 is 15.9 Å². The van der Waals surface area contributed by atoms with Crippen LogP contribution in [0.1, 0.15) is 35.9 Å². The van der Waals surface area contributed by atoms with Gasteiger partial charge in [-0.05, 0) is 46.8 Å². The molecule has 0 atom stereocenters. The van der Waals surface area contributed by atoms with E-state index >= 15 is 0 Å². The molecule has 0 N–H and O–H groups in total. The largest absolute Gasteiger partial charge is 0.299 e. The smallest absolute Gasteiger partial charge is 0.139 e. The molecule has 0 aliphatic carbocycles. The number of rotatable bonds is 6. The van der Waals surface area contributed by atoms with E-state index in [-0.39, 0.29) is 5.78 Å². The van der Waals surface area contributed by atoms with E-state index in [9.17, 15) is 4.79 Å². The van der Waals surface area contributed by atoms with Crippen molar-refractivity contribution in [3.05, 3.63) is 51.3 Å². The van der Waals surface area contributed by atoms with E-state index in [1.807, 2.05) is 23.9 Å². The number of hydrogen-bond donors (Lipinski definition) is 0. The molecule has 0 aliphatic heterocycles. The molecule has 4 heteroatoms. The summed E-state index contributed by atoms with van der Waals surface area (Å²) in [6.45, 7) is 4.15. The number of carbonyl (C=O) groups excluding carboxylic acids is 1. The minimum absolute atomic E-state index is 0.254. The van der Waals surface area contributed by atoms with Gasteiger partial charge in [-0.25, -0.2) is 0 Å². The van der Waals surface area contributed by atoms with Crippen LogP contribution in [0.3, 0.4) is 0 Å². The highest BCUT2D eigenvalue weighted by Crippen LogP contribution is 2.22. The van der Waals surface area contributed by atoms with Crippen LogP contribution in [0.25, 0.3) is 0 Å². The number of benzene rings is 1. The van der Waals surface area contributed by atoms with Gasteiger partial charge in [-0.1, -0.05) is 31.2 Å². The van der Waals surface area contributed by atoms with Gasteiger partial charge in [0.15, 0.2) is 0 Å². The SMILES string of the molecule is CCc1nn(C)c(CC(=O)CCc2ccccc2C)c1Br. The van der Waals surface area contributed by atoms with Crippen molar-refractivity contribution < 1.29 is 4.79 Å². The van der Waals surface area contributed by atoms with Crippen molar-refractivity contribution >= 4 is 21.7 Å². The topological polar surface area (TPSA) is 34.9 Å². The van der Waals surface area contributed by atoms with Gasteiger partial charge in [0.05, 0.1) is 15.9 Å². The molecular formula is C17H21BrN2O. The molecule has 0 bridgehead atoms. The fraction of sp³-hybridized carbons (Fsp3) is 0.412. The third-order valence-corrected chi connectivity index (χ3v) is 4.72. The Kier molecular flexibility index (Phi) is 5.34. The average molecular weight is 349 g/mol. The summed E-state index contributed by atoms with van der Waals surface area (Å²) in [4.78, 5) is 12.2. The zero-order valence-corrected chi connectivity index (χ0v) is 14.4. The molecule has 1 aromatic carbocycles. The van der Waals surface area contributed by atoms with Gasteiger partial charge in [0.2, 0.25) is 0 Å². The van der Waals surface area contributed by atoms with Gasteiger partial charge in [0.1, 0.15) is 5.78 Å². The number of aromatic nitrogens is 2. The summed E-state index contributed by atoms with van der Waals surface area (Å²) < 4.78 is 2.80. The van der Waals surface area contributed by atoms with Crippen LogP contribution in [0.4, 0.5) is 0 Å². The Balaban J connectivity index is 2.00. The standard InChI is InChI=1S/C17H21BrN2O/c1-4-15-17(18)16(20(3)19-15)11-14(21)10-9-13-8-6-5-7-12(13)2/h5-8H,4,9-11H2,1-3H3. The van der Waals surface area contributed by atoms with Gasteiger partial charge >= 0.3 is 0 Å². The molecular weight excluding hydrogens is 328 g/mol. The molecule has 3 nitrogen and oxygen atoms in total. The maximum Gasteiger partial charge on any atom is 0.139 e. The second-order valence-electron chi connectivity index (χ2n) is 5.33. The highest BCUT2D eigenvalue weighted by Gasteiger charge is 2.15. The van der Waals surface area contributed by atoms with Gasteiger partial charge in [0.25, 0.3) is 0 Å². The Morgan fingerprint density at radius 2 is 2.05 bits per heavy atom. The number of halogens is 1. The number of aryl methyl sites for hydroxylation is 4. The fourth-order valence-corrected chi connectivity index (χ4v) is 3.21. The van der Waals surface area contributed by atoms with E-state index in [0.717, 1.165) is 28.7 Å². The van der Waals surface area contributed by atoms with Crippen molar-refractivity contribution in [1.82, 2.24) is 9.78 Å². The molecule has 0 saturated heterocycles. The third kappa shape index (κ3) is 3.82. The molecule has 2 rings (SSSR count). The first-order valence-corrected chi connectivity index (χ1v) is 8.08. The van der Waals surface area contributed by atoms with Crippen molar-refractivity contribution in [3.8, 4) is 0 Å². The zero-order chi connectivity index (χ0) is 15.4. The highest BCUT2D eigenvalue weighted by atomic mass is 79.9. The lowest BCUT2D eigenvalue weighted by Crippen LogP contribution is -2.09. The lowest BCUT2D eigenvalue weighted by atomic mass is 10.0. The van der Waals surface area contributed by atoms with E-state index in [2.05, 4.69) is 47.0 Å². The second kappa shape index (κ2) is 7.03. The molecule has 112 valence electrons. The molecule has 0 amide bonds. The number of ketones is 1. The molecule has 2 aromatic rings. The summed E-state index contributed by atoms with van der Waals surface area (Å²) in [6.07, 6.45) is 2.69. The predicted octanol–water partition coefficient (Wildman–Crippen LogP) is 3.80. The molecule has 1 aromatic heterocycles. The summed E-state index contributed by atoms with van der Waals surface area (Å²) in [5, 5.41) is 4.43. The molecule has 0 radical (unpaired) electrons. The maximum absolute atomic E-state index is 12.2. The molecule has 0 aliphatic rings. The highest BCUT2D eigenvalue weighted by molar-refractivity contribution is 9.10. The van der Waals surface area contributed by atoms with E-state index < -0.39 is 0 Å². The molecule has 21 heavy (non-hydrogen) atoms. The predicted molar refractivity (Wildman–Crippen MR) is 88.5 cm³/mol. The Hall–Kier alpha value is -1.42. The van der Waals surface area contributed by atoms with Crippen molar-refractivity contribution in [3.63, 3.8) is 0 Å². The normalized spacial score (nSPS) is 10.9. The maximum atomic E-state index is 12.2. The Labute approximate surface area is 134 Å². The monoisotopic (exact) mass is 348 g/mol. The van der Waals surface area contributed by atoms with Crippen LogP contribution in [-0.2, 0) is 31.1 Å². The first kappa shape index (κ1) is 16.0. The molecule has 0 fully saturated rings. The minimum atomic E-state index is 0.254. The molecule has 0 spiro atoms. The van der Waals surface area contributed by atoms with Crippen LogP contribution < -0.4 is 0 Å². The van der Waals surface area contributed by atoms with Gasteiger partial charge in [-0.15, -0.1) is 0 Å². The van der Waals surface area contributed by atoms with Crippen LogP contribution in [0, 0.1) is 6.92 Å².